The van der Waals surface area contributed by atoms with Crippen LogP contribution >= 0.6 is 0 Å². The van der Waals surface area contributed by atoms with Crippen LogP contribution in [0.15, 0.2) is 17.1 Å². The molecular weight excluding hydrogens is 346 g/mol. The van der Waals surface area contributed by atoms with E-state index in [4.69, 9.17) is 4.74 Å². The normalized spacial score (nSPS) is 19.8. The fourth-order valence-electron chi connectivity index (χ4n) is 3.30. The number of anilines is 2. The number of hydrogen-bond acceptors (Lipinski definition) is 6. The van der Waals surface area contributed by atoms with Gasteiger partial charge in [-0.05, 0) is 33.8 Å². The predicted molar refractivity (Wildman–Crippen MR) is 105 cm³/mol. The smallest absolute Gasteiger partial charge is 0.410 e. The van der Waals surface area contributed by atoms with Gasteiger partial charge in [0.2, 0.25) is 0 Å². The SMILES string of the molecule is CC#CCN1c2c(cc[nH]c2=O)NC1N1CCN(C(=O)OC(C)(C)C)CC1. The summed E-state index contributed by atoms with van der Waals surface area (Å²) in [4.78, 5) is 33.2. The summed E-state index contributed by atoms with van der Waals surface area (Å²) in [7, 11) is 0. The van der Waals surface area contributed by atoms with Gasteiger partial charge in [-0.2, -0.15) is 0 Å². The van der Waals surface area contributed by atoms with Gasteiger partial charge in [0.1, 0.15) is 11.3 Å². The quantitative estimate of drug-likeness (QED) is 0.764. The van der Waals surface area contributed by atoms with Gasteiger partial charge in [0.15, 0.2) is 6.29 Å². The Morgan fingerprint density at radius 1 is 1.30 bits per heavy atom. The molecule has 1 saturated heterocycles. The van der Waals surface area contributed by atoms with E-state index in [1.165, 1.54) is 0 Å². The molecule has 8 heteroatoms. The summed E-state index contributed by atoms with van der Waals surface area (Å²) < 4.78 is 5.46. The molecular formula is C19H27N5O3. The monoisotopic (exact) mass is 373 g/mol. The average molecular weight is 373 g/mol. The summed E-state index contributed by atoms with van der Waals surface area (Å²) in [5, 5.41) is 3.42. The van der Waals surface area contributed by atoms with Gasteiger partial charge in [-0.25, -0.2) is 4.79 Å². The number of aromatic nitrogens is 1. The number of rotatable bonds is 2. The first-order valence-corrected chi connectivity index (χ1v) is 9.16. The van der Waals surface area contributed by atoms with E-state index >= 15 is 0 Å². The molecule has 2 aliphatic rings. The third-order valence-electron chi connectivity index (χ3n) is 4.54. The van der Waals surface area contributed by atoms with Gasteiger partial charge in [-0.15, -0.1) is 5.92 Å². The van der Waals surface area contributed by atoms with E-state index in [0.29, 0.717) is 38.4 Å². The third-order valence-corrected chi connectivity index (χ3v) is 4.54. The molecule has 1 amide bonds. The number of nitrogens with zero attached hydrogens (tertiary/aromatic N) is 3. The Morgan fingerprint density at radius 2 is 2.00 bits per heavy atom. The number of H-pyrrole nitrogens is 1. The van der Waals surface area contributed by atoms with Crippen LogP contribution in [-0.4, -0.2) is 65.5 Å². The molecule has 1 aromatic rings. The van der Waals surface area contributed by atoms with E-state index in [1.54, 1.807) is 18.0 Å². The number of fused-ring (bicyclic) bond motifs is 1. The maximum atomic E-state index is 12.3. The van der Waals surface area contributed by atoms with Crippen molar-refractivity contribution < 1.29 is 9.53 Å². The minimum absolute atomic E-state index is 0.132. The highest BCUT2D eigenvalue weighted by Crippen LogP contribution is 2.32. The standard InChI is InChI=1S/C19H27N5O3/c1-5-6-9-24-15-14(7-8-20-16(15)25)21-17(24)22-10-12-23(13-11-22)18(26)27-19(2,3)4/h7-8,17,21H,9-13H2,1-4H3,(H,20,25). The molecule has 2 N–H and O–H groups in total. The Hall–Kier alpha value is -2.66. The summed E-state index contributed by atoms with van der Waals surface area (Å²) in [6.07, 6.45) is 1.20. The van der Waals surface area contributed by atoms with E-state index < -0.39 is 5.60 Å². The number of aromatic amines is 1. The maximum absolute atomic E-state index is 12.3. The second kappa shape index (κ2) is 7.53. The summed E-state index contributed by atoms with van der Waals surface area (Å²) in [5.74, 6) is 5.94. The van der Waals surface area contributed by atoms with Crippen LogP contribution in [-0.2, 0) is 4.74 Å². The molecule has 27 heavy (non-hydrogen) atoms. The zero-order chi connectivity index (χ0) is 19.6. The number of ether oxygens (including phenoxy) is 1. The second-order valence-electron chi connectivity index (χ2n) is 7.65. The topological polar surface area (TPSA) is 80.9 Å². The first-order valence-electron chi connectivity index (χ1n) is 9.16. The lowest BCUT2D eigenvalue weighted by molar-refractivity contribution is 0.0117. The zero-order valence-electron chi connectivity index (χ0n) is 16.3. The highest BCUT2D eigenvalue weighted by atomic mass is 16.6. The lowest BCUT2D eigenvalue weighted by Crippen LogP contribution is -2.58. The maximum Gasteiger partial charge on any atom is 0.410 e. The van der Waals surface area contributed by atoms with Crippen LogP contribution in [0, 0.1) is 11.8 Å². The Balaban J connectivity index is 1.70. The van der Waals surface area contributed by atoms with E-state index in [1.807, 2.05) is 31.7 Å². The predicted octanol–water partition coefficient (Wildman–Crippen LogP) is 1.47. The Bertz CT molecular complexity index is 809. The summed E-state index contributed by atoms with van der Waals surface area (Å²) in [6, 6.07) is 1.86. The van der Waals surface area contributed by atoms with Crippen molar-refractivity contribution in [1.82, 2.24) is 14.8 Å². The molecule has 1 unspecified atom stereocenters. The van der Waals surface area contributed by atoms with Crippen LogP contribution < -0.4 is 15.8 Å². The lowest BCUT2D eigenvalue weighted by atomic mass is 10.2. The van der Waals surface area contributed by atoms with Crippen molar-refractivity contribution in [2.45, 2.75) is 39.6 Å². The number of carbonyl (C=O) groups is 1. The first kappa shape index (κ1) is 19.1. The van der Waals surface area contributed by atoms with Crippen molar-refractivity contribution in [2.75, 3.05) is 42.9 Å². The number of piperazine rings is 1. The van der Waals surface area contributed by atoms with Gasteiger partial charge < -0.3 is 24.8 Å². The van der Waals surface area contributed by atoms with Crippen LogP contribution in [0.4, 0.5) is 16.2 Å². The van der Waals surface area contributed by atoms with Crippen molar-refractivity contribution in [3.8, 4) is 11.8 Å². The van der Waals surface area contributed by atoms with Crippen LogP contribution in [0.25, 0.3) is 0 Å². The van der Waals surface area contributed by atoms with Crippen LogP contribution in [0.1, 0.15) is 27.7 Å². The molecule has 0 saturated carbocycles. The lowest BCUT2D eigenvalue weighted by Gasteiger charge is -2.41. The summed E-state index contributed by atoms with van der Waals surface area (Å²) in [6.45, 7) is 10.4. The molecule has 0 radical (unpaired) electrons. The van der Waals surface area contributed by atoms with Gasteiger partial charge in [-0.3, -0.25) is 9.69 Å². The fraction of sp³-hybridized carbons (Fsp3) is 0.579. The van der Waals surface area contributed by atoms with E-state index in [0.717, 1.165) is 5.69 Å². The molecule has 3 heterocycles. The molecule has 0 bridgehead atoms. The van der Waals surface area contributed by atoms with Gasteiger partial charge in [-0.1, -0.05) is 5.92 Å². The molecule has 1 aromatic heterocycles. The largest absolute Gasteiger partial charge is 0.444 e. The Morgan fingerprint density at radius 3 is 2.63 bits per heavy atom. The number of nitrogens with one attached hydrogen (secondary N) is 2. The summed E-state index contributed by atoms with van der Waals surface area (Å²) in [5.41, 5.74) is 0.781. The zero-order valence-corrected chi connectivity index (χ0v) is 16.3. The molecule has 146 valence electrons. The van der Waals surface area contributed by atoms with Crippen LogP contribution in [0.5, 0.6) is 0 Å². The molecule has 3 rings (SSSR count). The Kier molecular flexibility index (Phi) is 5.33. The highest BCUT2D eigenvalue weighted by Gasteiger charge is 2.37. The average Bonchev–Trinajstić information content (AvgIpc) is 2.98. The van der Waals surface area contributed by atoms with Crippen LogP contribution in [0.2, 0.25) is 0 Å². The van der Waals surface area contributed by atoms with Crippen molar-refractivity contribution in [2.24, 2.45) is 0 Å². The summed E-state index contributed by atoms with van der Waals surface area (Å²) >= 11 is 0. The number of carbonyl (C=O) groups excluding carboxylic acids is 1. The van der Waals surface area contributed by atoms with Crippen molar-refractivity contribution in [1.29, 1.82) is 0 Å². The highest BCUT2D eigenvalue weighted by molar-refractivity contribution is 5.75. The van der Waals surface area contributed by atoms with Gasteiger partial charge in [0.05, 0.1) is 12.2 Å². The number of pyridine rings is 1. The number of amides is 1. The van der Waals surface area contributed by atoms with Gasteiger partial charge in [0, 0.05) is 32.4 Å². The minimum atomic E-state index is -0.500. The third kappa shape index (κ3) is 4.19. The first-order chi connectivity index (χ1) is 12.8. The van der Waals surface area contributed by atoms with Crippen molar-refractivity contribution in [3.05, 3.63) is 22.6 Å². The van der Waals surface area contributed by atoms with Crippen LogP contribution in [0.3, 0.4) is 0 Å². The van der Waals surface area contributed by atoms with Gasteiger partial charge in [0.25, 0.3) is 5.56 Å². The van der Waals surface area contributed by atoms with E-state index in [2.05, 4.69) is 27.0 Å². The van der Waals surface area contributed by atoms with E-state index in [9.17, 15) is 9.59 Å². The molecule has 8 nitrogen and oxygen atoms in total. The Labute approximate surface area is 159 Å². The molecule has 0 aromatic carbocycles. The van der Waals surface area contributed by atoms with E-state index in [-0.39, 0.29) is 17.9 Å². The minimum Gasteiger partial charge on any atom is -0.444 e. The van der Waals surface area contributed by atoms with Crippen molar-refractivity contribution in [3.63, 3.8) is 0 Å². The fourth-order valence-corrected chi connectivity index (χ4v) is 3.30. The molecule has 0 aliphatic carbocycles. The molecule has 1 atom stereocenters. The van der Waals surface area contributed by atoms with Gasteiger partial charge >= 0.3 is 6.09 Å². The molecule has 1 fully saturated rings. The molecule has 2 aliphatic heterocycles. The van der Waals surface area contributed by atoms with Crippen molar-refractivity contribution >= 4 is 17.5 Å². The molecule has 0 spiro atoms. The second-order valence-corrected chi connectivity index (χ2v) is 7.65. The number of hydrogen-bond donors (Lipinski definition) is 2.